The number of hydrogen-bond acceptors (Lipinski definition) is 3. The second-order valence-corrected chi connectivity index (χ2v) is 5.15. The molecule has 104 valence electrons. The molecule has 1 unspecified atom stereocenters. The Hall–Kier alpha value is -1.59. The van der Waals surface area contributed by atoms with Gasteiger partial charge in [0, 0.05) is 12.2 Å². The second-order valence-electron chi connectivity index (χ2n) is 5.15. The molecule has 1 saturated heterocycles. The van der Waals surface area contributed by atoms with Crippen molar-refractivity contribution in [1.82, 2.24) is 5.32 Å². The van der Waals surface area contributed by atoms with Crippen molar-refractivity contribution in [3.63, 3.8) is 0 Å². The fraction of sp³-hybridized carbons (Fsp3) is 0.500. The lowest BCUT2D eigenvalue weighted by Gasteiger charge is -2.17. The molecular formula is C14H20N2O3. The molecule has 5 heteroatoms. The summed E-state index contributed by atoms with van der Waals surface area (Å²) in [5.74, 6) is -0.556. The molecule has 0 saturated carbocycles. The van der Waals surface area contributed by atoms with Crippen LogP contribution in [0.2, 0.25) is 0 Å². The summed E-state index contributed by atoms with van der Waals surface area (Å²) in [4.78, 5) is 11.7. The Morgan fingerprint density at radius 1 is 1.37 bits per heavy atom. The maximum atomic E-state index is 11.7. The first kappa shape index (κ1) is 13.8. The van der Waals surface area contributed by atoms with Gasteiger partial charge in [0.15, 0.2) is 5.79 Å². The molecule has 1 heterocycles. The molecule has 1 atom stereocenters. The van der Waals surface area contributed by atoms with E-state index in [1.165, 1.54) is 0 Å². The number of benzene rings is 1. The number of urea groups is 1. The lowest BCUT2D eigenvalue weighted by molar-refractivity contribution is -0.137. The summed E-state index contributed by atoms with van der Waals surface area (Å²) in [6.07, 6.45) is -0.0984. The molecule has 0 aliphatic carbocycles. The van der Waals surface area contributed by atoms with Crippen LogP contribution in [0.25, 0.3) is 0 Å². The van der Waals surface area contributed by atoms with Gasteiger partial charge in [-0.1, -0.05) is 17.7 Å². The van der Waals surface area contributed by atoms with E-state index in [2.05, 4.69) is 10.6 Å². The number of carbonyl (C=O) groups excluding carboxylic acids is 1. The van der Waals surface area contributed by atoms with Crippen LogP contribution in [-0.2, 0) is 9.47 Å². The van der Waals surface area contributed by atoms with Gasteiger partial charge >= 0.3 is 6.03 Å². The predicted octanol–water partition coefficient (Wildman–Crippen LogP) is 2.27. The molecule has 2 rings (SSSR count). The Balaban J connectivity index is 1.75. The highest BCUT2D eigenvalue weighted by atomic mass is 16.7. The highest BCUT2D eigenvalue weighted by molar-refractivity contribution is 5.89. The lowest BCUT2D eigenvalue weighted by atomic mass is 10.2. The fourth-order valence-corrected chi connectivity index (χ4v) is 1.88. The Labute approximate surface area is 113 Å². The summed E-state index contributed by atoms with van der Waals surface area (Å²) in [5.41, 5.74) is 1.93. The van der Waals surface area contributed by atoms with E-state index in [1.807, 2.05) is 45.0 Å². The molecule has 1 aliphatic heterocycles. The summed E-state index contributed by atoms with van der Waals surface area (Å²) >= 11 is 0. The first-order chi connectivity index (χ1) is 8.94. The normalized spacial score (nSPS) is 21.1. The van der Waals surface area contributed by atoms with Crippen LogP contribution in [-0.4, -0.2) is 31.1 Å². The molecular weight excluding hydrogens is 244 g/mol. The van der Waals surface area contributed by atoms with Gasteiger partial charge in [-0.15, -0.1) is 0 Å². The molecule has 19 heavy (non-hydrogen) atoms. The van der Waals surface area contributed by atoms with E-state index in [1.54, 1.807) is 0 Å². The van der Waals surface area contributed by atoms with Gasteiger partial charge in [0.05, 0.1) is 6.61 Å². The Kier molecular flexibility index (Phi) is 4.07. The van der Waals surface area contributed by atoms with Crippen LogP contribution in [0, 0.1) is 6.92 Å². The van der Waals surface area contributed by atoms with Crippen LogP contribution < -0.4 is 10.6 Å². The van der Waals surface area contributed by atoms with Crippen molar-refractivity contribution in [2.24, 2.45) is 0 Å². The van der Waals surface area contributed by atoms with E-state index in [9.17, 15) is 4.79 Å². The second kappa shape index (κ2) is 5.59. The van der Waals surface area contributed by atoms with Crippen molar-refractivity contribution >= 4 is 11.7 Å². The molecule has 1 fully saturated rings. The number of amides is 2. The van der Waals surface area contributed by atoms with E-state index >= 15 is 0 Å². The summed E-state index contributed by atoms with van der Waals surface area (Å²) in [6.45, 7) is 6.65. The predicted molar refractivity (Wildman–Crippen MR) is 73.1 cm³/mol. The molecule has 0 spiro atoms. The zero-order valence-electron chi connectivity index (χ0n) is 11.5. The zero-order valence-corrected chi connectivity index (χ0v) is 11.5. The molecule has 0 aromatic heterocycles. The van der Waals surface area contributed by atoms with Gasteiger partial charge in [0.2, 0.25) is 0 Å². The van der Waals surface area contributed by atoms with Crippen LogP contribution >= 0.6 is 0 Å². The minimum atomic E-state index is -0.556. The third-order valence-corrected chi connectivity index (χ3v) is 2.87. The SMILES string of the molecule is Cc1ccc(NC(=O)NCC2COC(C)(C)O2)cc1. The van der Waals surface area contributed by atoms with E-state index in [0.717, 1.165) is 11.3 Å². The van der Waals surface area contributed by atoms with Gasteiger partial charge in [0.25, 0.3) is 0 Å². The minimum absolute atomic E-state index is 0.0984. The van der Waals surface area contributed by atoms with Crippen molar-refractivity contribution in [1.29, 1.82) is 0 Å². The van der Waals surface area contributed by atoms with Crippen molar-refractivity contribution < 1.29 is 14.3 Å². The minimum Gasteiger partial charge on any atom is -0.348 e. The van der Waals surface area contributed by atoms with Crippen molar-refractivity contribution in [3.8, 4) is 0 Å². The van der Waals surface area contributed by atoms with Gasteiger partial charge in [-0.05, 0) is 32.9 Å². The maximum absolute atomic E-state index is 11.7. The third-order valence-electron chi connectivity index (χ3n) is 2.87. The number of anilines is 1. The zero-order chi connectivity index (χ0) is 13.9. The van der Waals surface area contributed by atoms with Gasteiger partial charge in [-0.2, -0.15) is 0 Å². The number of hydrogen-bond donors (Lipinski definition) is 2. The van der Waals surface area contributed by atoms with E-state index in [4.69, 9.17) is 9.47 Å². The maximum Gasteiger partial charge on any atom is 0.319 e. The number of rotatable bonds is 3. The summed E-state index contributed by atoms with van der Waals surface area (Å²) in [7, 11) is 0. The largest absolute Gasteiger partial charge is 0.348 e. The molecule has 2 N–H and O–H groups in total. The van der Waals surface area contributed by atoms with Crippen molar-refractivity contribution in [3.05, 3.63) is 29.8 Å². The summed E-state index contributed by atoms with van der Waals surface area (Å²) in [5, 5.41) is 5.54. The van der Waals surface area contributed by atoms with Crippen molar-refractivity contribution in [2.75, 3.05) is 18.5 Å². The summed E-state index contributed by atoms with van der Waals surface area (Å²) in [6, 6.07) is 7.40. The smallest absolute Gasteiger partial charge is 0.319 e. The fourth-order valence-electron chi connectivity index (χ4n) is 1.88. The average molecular weight is 264 g/mol. The Morgan fingerprint density at radius 3 is 2.63 bits per heavy atom. The van der Waals surface area contributed by atoms with E-state index < -0.39 is 5.79 Å². The highest BCUT2D eigenvalue weighted by Gasteiger charge is 2.32. The molecule has 5 nitrogen and oxygen atoms in total. The number of nitrogens with one attached hydrogen (secondary N) is 2. The van der Waals surface area contributed by atoms with Crippen LogP contribution in [0.1, 0.15) is 19.4 Å². The van der Waals surface area contributed by atoms with E-state index in [0.29, 0.717) is 13.2 Å². The number of carbonyl (C=O) groups is 1. The van der Waals surface area contributed by atoms with Gasteiger partial charge in [-0.3, -0.25) is 0 Å². The standard InChI is InChI=1S/C14H20N2O3/c1-10-4-6-11(7-5-10)16-13(17)15-8-12-9-18-14(2,3)19-12/h4-7,12H,8-9H2,1-3H3,(H2,15,16,17). The monoisotopic (exact) mass is 264 g/mol. The first-order valence-corrected chi connectivity index (χ1v) is 6.38. The number of ether oxygens (including phenoxy) is 2. The molecule has 1 aliphatic rings. The van der Waals surface area contributed by atoms with Gasteiger partial charge in [-0.25, -0.2) is 4.79 Å². The average Bonchev–Trinajstić information content (AvgIpc) is 2.69. The van der Waals surface area contributed by atoms with Crippen LogP contribution in [0.4, 0.5) is 10.5 Å². The molecule has 0 bridgehead atoms. The first-order valence-electron chi connectivity index (χ1n) is 6.38. The van der Waals surface area contributed by atoms with Crippen LogP contribution in [0.3, 0.4) is 0 Å². The topological polar surface area (TPSA) is 59.6 Å². The lowest BCUT2D eigenvalue weighted by Crippen LogP contribution is -2.37. The highest BCUT2D eigenvalue weighted by Crippen LogP contribution is 2.21. The summed E-state index contributed by atoms with van der Waals surface area (Å²) < 4.78 is 11.0. The number of aryl methyl sites for hydroxylation is 1. The van der Waals surface area contributed by atoms with Crippen molar-refractivity contribution in [2.45, 2.75) is 32.7 Å². The molecule has 1 aromatic carbocycles. The third kappa shape index (κ3) is 4.22. The Bertz CT molecular complexity index is 443. The molecule has 1 aromatic rings. The van der Waals surface area contributed by atoms with Crippen LogP contribution in [0.5, 0.6) is 0 Å². The van der Waals surface area contributed by atoms with Gasteiger partial charge in [0.1, 0.15) is 6.10 Å². The molecule has 0 radical (unpaired) electrons. The van der Waals surface area contributed by atoms with Gasteiger partial charge < -0.3 is 20.1 Å². The van der Waals surface area contributed by atoms with E-state index in [-0.39, 0.29) is 12.1 Å². The Morgan fingerprint density at radius 2 is 2.05 bits per heavy atom. The molecule has 2 amide bonds. The quantitative estimate of drug-likeness (QED) is 0.880. The van der Waals surface area contributed by atoms with Crippen LogP contribution in [0.15, 0.2) is 24.3 Å².